The minimum Gasteiger partial charge on any atom is -0.397 e. The summed E-state index contributed by atoms with van der Waals surface area (Å²) in [6, 6.07) is 18.2. The predicted octanol–water partition coefficient (Wildman–Crippen LogP) is 3.77. The molecule has 156 valence electrons. The van der Waals surface area contributed by atoms with E-state index in [1.54, 1.807) is 42.6 Å². The Morgan fingerprint density at radius 2 is 1.62 bits per heavy atom. The fourth-order valence-corrected chi connectivity index (χ4v) is 3.17. The Kier molecular flexibility index (Phi) is 5.81. The summed E-state index contributed by atoms with van der Waals surface area (Å²) in [5, 5.41) is 17.2. The number of hydrogen-bond donors (Lipinski definition) is 3. The zero-order valence-electron chi connectivity index (χ0n) is 17.3. The van der Waals surface area contributed by atoms with Gasteiger partial charge in [0.1, 0.15) is 0 Å². The van der Waals surface area contributed by atoms with Crippen molar-refractivity contribution in [3.63, 3.8) is 0 Å². The van der Waals surface area contributed by atoms with Crippen LogP contribution in [0.5, 0.6) is 0 Å². The molecule has 7 heteroatoms. The van der Waals surface area contributed by atoms with Gasteiger partial charge >= 0.3 is 0 Å². The van der Waals surface area contributed by atoms with Gasteiger partial charge in [-0.1, -0.05) is 61.7 Å². The standard InChI is InChI=1S/C25H21N7/c1-3-16-9-5-7-11-19(26)23(16)29-22-14-13-18-21(15-28-22)31-32-25(18)30-24-17(4-2)10-6-8-12-20(24)27/h3-15,26H,1-2H2,(H3,27,30,31,32). The molecule has 0 saturated carbocycles. The lowest BCUT2D eigenvalue weighted by atomic mass is 10.2. The molecule has 0 spiro atoms. The number of nitrogens with two attached hydrogens (primary N) is 1. The Labute approximate surface area is 184 Å². The predicted molar refractivity (Wildman–Crippen MR) is 128 cm³/mol. The molecule has 7 nitrogen and oxygen atoms in total. The van der Waals surface area contributed by atoms with E-state index in [-0.39, 0.29) is 5.36 Å². The molecule has 32 heavy (non-hydrogen) atoms. The lowest BCUT2D eigenvalue weighted by Crippen LogP contribution is -2.09. The SMILES string of the molecule is C=Cc1ccccc(=N)c1N=c1ccc2c(N=c3c(N)ccccc3C=C)n[nH]c2cn1. The van der Waals surface area contributed by atoms with Crippen LogP contribution in [-0.2, 0) is 0 Å². The number of nitrogens with zero attached hydrogens (tertiary/aromatic N) is 4. The molecular formula is C25H21N7. The molecule has 0 aliphatic heterocycles. The molecule has 2 aromatic heterocycles. The number of rotatable bonds is 4. The van der Waals surface area contributed by atoms with Crippen LogP contribution >= 0.6 is 0 Å². The summed E-state index contributed by atoms with van der Waals surface area (Å²) in [5.41, 5.74) is 9.90. The van der Waals surface area contributed by atoms with Crippen LogP contribution in [0.3, 0.4) is 0 Å². The summed E-state index contributed by atoms with van der Waals surface area (Å²) in [4.78, 5) is 13.7. The van der Waals surface area contributed by atoms with Crippen molar-refractivity contribution in [2.75, 3.05) is 5.73 Å². The van der Waals surface area contributed by atoms with Crippen LogP contribution in [0.15, 0.2) is 90.0 Å². The number of H-pyrrole nitrogens is 1. The summed E-state index contributed by atoms with van der Waals surface area (Å²) in [7, 11) is 0. The van der Waals surface area contributed by atoms with E-state index in [9.17, 15) is 0 Å². The van der Waals surface area contributed by atoms with Crippen molar-refractivity contribution in [3.05, 3.63) is 107 Å². The number of fused-ring (bicyclic) bond motifs is 1. The molecule has 2 heterocycles. The Morgan fingerprint density at radius 3 is 2.41 bits per heavy atom. The average molecular weight is 419 g/mol. The van der Waals surface area contributed by atoms with Crippen LogP contribution in [0, 0.1) is 5.41 Å². The van der Waals surface area contributed by atoms with Crippen LogP contribution in [-0.4, -0.2) is 15.2 Å². The van der Waals surface area contributed by atoms with E-state index in [0.29, 0.717) is 33.6 Å². The number of aromatic amines is 1. The normalized spacial score (nSPS) is 12.0. The summed E-state index contributed by atoms with van der Waals surface area (Å²) < 4.78 is 0. The molecule has 0 aliphatic rings. The highest BCUT2D eigenvalue weighted by Crippen LogP contribution is 2.20. The lowest BCUT2D eigenvalue weighted by Gasteiger charge is -1.94. The van der Waals surface area contributed by atoms with Gasteiger partial charge in [-0.3, -0.25) is 10.5 Å². The number of nitrogen functional groups attached to an aromatic ring is 1. The molecule has 4 aromatic rings. The third-order valence-corrected chi connectivity index (χ3v) is 4.81. The molecule has 4 rings (SSSR count). The van der Waals surface area contributed by atoms with Gasteiger partial charge in [-0.05, 0) is 24.3 Å². The Hall–Kier alpha value is -4.65. The first-order chi connectivity index (χ1) is 15.6. The number of nitrogens with one attached hydrogen (secondary N) is 2. The highest BCUT2D eigenvalue weighted by atomic mass is 15.2. The lowest BCUT2D eigenvalue weighted by molar-refractivity contribution is 1.08. The van der Waals surface area contributed by atoms with E-state index in [2.05, 4.69) is 33.3 Å². The fraction of sp³-hybridized carbons (Fsp3) is 0. The molecule has 0 atom stereocenters. The third-order valence-electron chi connectivity index (χ3n) is 4.81. The summed E-state index contributed by atoms with van der Waals surface area (Å²) in [6.45, 7) is 7.67. The first kappa shape index (κ1) is 20.6. The molecule has 0 radical (unpaired) electrons. The van der Waals surface area contributed by atoms with Crippen LogP contribution in [0.4, 0.5) is 17.2 Å². The summed E-state index contributed by atoms with van der Waals surface area (Å²) >= 11 is 0. The second kappa shape index (κ2) is 9.01. The van der Waals surface area contributed by atoms with Crippen molar-refractivity contribution < 1.29 is 0 Å². The van der Waals surface area contributed by atoms with Crippen LogP contribution in [0.25, 0.3) is 23.1 Å². The number of hydrogen-bond acceptors (Lipinski definition) is 6. The van der Waals surface area contributed by atoms with Crippen molar-refractivity contribution in [1.29, 1.82) is 5.41 Å². The highest BCUT2D eigenvalue weighted by Gasteiger charge is 2.05. The zero-order valence-corrected chi connectivity index (χ0v) is 17.3. The first-order valence-electron chi connectivity index (χ1n) is 9.86. The highest BCUT2D eigenvalue weighted by molar-refractivity contribution is 5.87. The monoisotopic (exact) mass is 419 g/mol. The molecule has 2 aromatic carbocycles. The molecule has 0 aliphatic carbocycles. The van der Waals surface area contributed by atoms with Gasteiger partial charge in [0.15, 0.2) is 11.3 Å². The van der Waals surface area contributed by atoms with Gasteiger partial charge in [-0.2, -0.15) is 5.10 Å². The van der Waals surface area contributed by atoms with Gasteiger partial charge in [0.05, 0.1) is 33.8 Å². The molecule has 0 saturated heterocycles. The fourth-order valence-electron chi connectivity index (χ4n) is 3.17. The Morgan fingerprint density at radius 1 is 0.906 bits per heavy atom. The van der Waals surface area contributed by atoms with E-state index in [4.69, 9.17) is 16.1 Å². The van der Waals surface area contributed by atoms with Gasteiger partial charge in [0, 0.05) is 16.5 Å². The topological polar surface area (TPSA) is 116 Å². The van der Waals surface area contributed by atoms with E-state index in [1.807, 2.05) is 36.4 Å². The zero-order chi connectivity index (χ0) is 22.5. The van der Waals surface area contributed by atoms with Crippen molar-refractivity contribution in [1.82, 2.24) is 15.2 Å². The number of aromatic nitrogens is 3. The molecule has 4 N–H and O–H groups in total. The first-order valence-corrected chi connectivity index (χ1v) is 9.86. The smallest absolute Gasteiger partial charge is 0.182 e. The van der Waals surface area contributed by atoms with Crippen molar-refractivity contribution in [3.8, 4) is 0 Å². The summed E-state index contributed by atoms with van der Waals surface area (Å²) in [6.07, 6.45) is 5.02. The maximum absolute atomic E-state index is 8.26. The molecular weight excluding hydrogens is 398 g/mol. The maximum atomic E-state index is 8.26. The quantitative estimate of drug-likeness (QED) is 0.467. The van der Waals surface area contributed by atoms with E-state index in [0.717, 1.165) is 16.5 Å². The van der Waals surface area contributed by atoms with Gasteiger partial charge in [0.25, 0.3) is 0 Å². The largest absolute Gasteiger partial charge is 0.397 e. The van der Waals surface area contributed by atoms with E-state index in [1.165, 1.54) is 0 Å². The van der Waals surface area contributed by atoms with Gasteiger partial charge in [-0.25, -0.2) is 15.0 Å². The Balaban J connectivity index is 1.93. The maximum Gasteiger partial charge on any atom is 0.182 e. The molecule has 0 unspecified atom stereocenters. The Bertz CT molecular complexity index is 1550. The second-order valence-electron chi connectivity index (χ2n) is 6.87. The average Bonchev–Trinajstić information content (AvgIpc) is 2.93. The van der Waals surface area contributed by atoms with Crippen molar-refractivity contribution >= 4 is 40.2 Å². The van der Waals surface area contributed by atoms with E-state index < -0.39 is 0 Å². The molecule has 0 amide bonds. The van der Waals surface area contributed by atoms with Crippen molar-refractivity contribution in [2.45, 2.75) is 0 Å². The second-order valence-corrected chi connectivity index (χ2v) is 6.87. The van der Waals surface area contributed by atoms with Crippen LogP contribution in [0.1, 0.15) is 11.1 Å². The molecule has 0 fully saturated rings. The van der Waals surface area contributed by atoms with Crippen LogP contribution < -0.4 is 21.9 Å². The van der Waals surface area contributed by atoms with Crippen molar-refractivity contribution in [2.24, 2.45) is 9.98 Å². The van der Waals surface area contributed by atoms with Gasteiger partial charge < -0.3 is 5.73 Å². The van der Waals surface area contributed by atoms with Gasteiger partial charge in [0.2, 0.25) is 0 Å². The van der Waals surface area contributed by atoms with Gasteiger partial charge in [-0.15, -0.1) is 0 Å². The minimum absolute atomic E-state index is 0.283. The summed E-state index contributed by atoms with van der Waals surface area (Å²) in [5.74, 6) is 0.476. The third kappa shape index (κ3) is 4.13. The van der Waals surface area contributed by atoms with Crippen LogP contribution in [0.2, 0.25) is 0 Å². The number of anilines is 1. The van der Waals surface area contributed by atoms with E-state index >= 15 is 0 Å². The minimum atomic E-state index is 0.283. The molecule has 0 bridgehead atoms.